The van der Waals surface area contributed by atoms with Gasteiger partial charge in [-0.05, 0) is 13.0 Å². The van der Waals surface area contributed by atoms with Crippen LogP contribution in [0.15, 0.2) is 18.5 Å². The van der Waals surface area contributed by atoms with Gasteiger partial charge in [0.1, 0.15) is 11.7 Å². The van der Waals surface area contributed by atoms with E-state index in [4.69, 9.17) is 4.74 Å². The van der Waals surface area contributed by atoms with Crippen molar-refractivity contribution < 1.29 is 9.13 Å². The maximum Gasteiger partial charge on any atom is 0.154 e. The number of halogens is 1. The van der Waals surface area contributed by atoms with Gasteiger partial charge in [-0.2, -0.15) is 5.10 Å². The third-order valence-electron chi connectivity index (χ3n) is 3.31. The first-order valence-electron chi connectivity index (χ1n) is 5.92. The highest BCUT2D eigenvalue weighted by Gasteiger charge is 2.32. The lowest BCUT2D eigenvalue weighted by atomic mass is 10.2. The van der Waals surface area contributed by atoms with Crippen molar-refractivity contribution in [1.82, 2.24) is 14.6 Å². The molecule has 1 fully saturated rings. The fourth-order valence-electron chi connectivity index (χ4n) is 2.33. The minimum absolute atomic E-state index is 0.163. The van der Waals surface area contributed by atoms with E-state index in [1.165, 1.54) is 0 Å². The van der Waals surface area contributed by atoms with E-state index in [0.717, 1.165) is 17.0 Å². The van der Waals surface area contributed by atoms with Gasteiger partial charge in [0.15, 0.2) is 5.82 Å². The van der Waals surface area contributed by atoms with Gasteiger partial charge < -0.3 is 9.64 Å². The minimum Gasteiger partial charge on any atom is -0.376 e. The first-order valence-corrected chi connectivity index (χ1v) is 5.92. The van der Waals surface area contributed by atoms with Gasteiger partial charge in [0.25, 0.3) is 0 Å². The van der Waals surface area contributed by atoms with Gasteiger partial charge in [-0.25, -0.2) is 13.9 Å². The maximum atomic E-state index is 13.7. The summed E-state index contributed by atoms with van der Waals surface area (Å²) in [6.07, 6.45) is 2.49. The molecule has 0 bridgehead atoms. The van der Waals surface area contributed by atoms with E-state index in [9.17, 15) is 4.39 Å². The predicted octanol–water partition coefficient (Wildman–Crippen LogP) is 1.21. The molecule has 6 heteroatoms. The Morgan fingerprint density at radius 1 is 1.50 bits per heavy atom. The Morgan fingerprint density at radius 2 is 2.33 bits per heavy atom. The predicted molar refractivity (Wildman–Crippen MR) is 65.6 cm³/mol. The van der Waals surface area contributed by atoms with Crippen LogP contribution < -0.4 is 4.90 Å². The second-order valence-electron chi connectivity index (χ2n) is 4.60. The van der Waals surface area contributed by atoms with E-state index < -0.39 is 6.17 Å². The van der Waals surface area contributed by atoms with E-state index >= 15 is 0 Å². The Kier molecular flexibility index (Phi) is 2.66. The maximum absolute atomic E-state index is 13.7. The lowest BCUT2D eigenvalue weighted by Crippen LogP contribution is -2.39. The van der Waals surface area contributed by atoms with Crippen molar-refractivity contribution >= 4 is 11.3 Å². The normalized spacial score (nSPS) is 23.7. The number of ether oxygens (including phenoxy) is 1. The lowest BCUT2D eigenvalue weighted by molar-refractivity contribution is 0.173. The summed E-state index contributed by atoms with van der Waals surface area (Å²) >= 11 is 0. The molecule has 3 heterocycles. The highest BCUT2D eigenvalue weighted by molar-refractivity contribution is 5.69. The highest BCUT2D eigenvalue weighted by Crippen LogP contribution is 2.24. The number of likely N-dealkylation sites (N-methyl/N-ethyl adjacent to an activating group) is 1. The summed E-state index contributed by atoms with van der Waals surface area (Å²) < 4.78 is 20.6. The summed E-state index contributed by atoms with van der Waals surface area (Å²) in [5.74, 6) is 0.733. The van der Waals surface area contributed by atoms with Crippen LogP contribution in [0.4, 0.5) is 10.2 Å². The summed E-state index contributed by atoms with van der Waals surface area (Å²) in [7, 11) is 1.84. The summed E-state index contributed by atoms with van der Waals surface area (Å²) in [5.41, 5.74) is 1.80. The highest BCUT2D eigenvalue weighted by atomic mass is 19.1. The van der Waals surface area contributed by atoms with Crippen molar-refractivity contribution in [2.24, 2.45) is 0 Å². The molecule has 0 aromatic carbocycles. The summed E-state index contributed by atoms with van der Waals surface area (Å²) in [6.45, 7) is 2.48. The fraction of sp³-hybridized carbons (Fsp3) is 0.500. The zero-order valence-electron chi connectivity index (χ0n) is 10.4. The zero-order valence-corrected chi connectivity index (χ0v) is 10.4. The van der Waals surface area contributed by atoms with E-state index in [2.05, 4.69) is 10.1 Å². The van der Waals surface area contributed by atoms with Crippen LogP contribution >= 0.6 is 0 Å². The van der Waals surface area contributed by atoms with E-state index in [1.54, 1.807) is 16.9 Å². The Labute approximate surface area is 104 Å². The Hall–Kier alpha value is -1.69. The number of alkyl halides is 1. The van der Waals surface area contributed by atoms with E-state index in [-0.39, 0.29) is 12.6 Å². The first-order chi connectivity index (χ1) is 8.66. The molecule has 1 aliphatic heterocycles. The molecule has 0 aliphatic carbocycles. The van der Waals surface area contributed by atoms with Crippen LogP contribution in [0.25, 0.3) is 5.52 Å². The molecule has 1 aliphatic rings. The molecule has 1 saturated heterocycles. The van der Waals surface area contributed by atoms with Crippen LogP contribution in [0.3, 0.4) is 0 Å². The lowest BCUT2D eigenvalue weighted by Gasteiger charge is -2.26. The molecule has 2 aromatic heterocycles. The second-order valence-corrected chi connectivity index (χ2v) is 4.60. The first kappa shape index (κ1) is 11.4. The van der Waals surface area contributed by atoms with Crippen LogP contribution in [0, 0.1) is 6.92 Å². The third kappa shape index (κ3) is 1.73. The number of hydrogen-bond donors (Lipinski definition) is 0. The quantitative estimate of drug-likeness (QED) is 0.803. The van der Waals surface area contributed by atoms with Crippen molar-refractivity contribution in [3.63, 3.8) is 0 Å². The van der Waals surface area contributed by atoms with Gasteiger partial charge in [0.05, 0.1) is 24.9 Å². The van der Waals surface area contributed by atoms with Crippen molar-refractivity contribution in [3.8, 4) is 0 Å². The zero-order chi connectivity index (χ0) is 12.7. The van der Waals surface area contributed by atoms with E-state index in [1.807, 2.05) is 24.9 Å². The van der Waals surface area contributed by atoms with Crippen LogP contribution in [0.5, 0.6) is 0 Å². The number of nitrogens with zero attached hydrogens (tertiary/aromatic N) is 4. The molecule has 3 rings (SSSR count). The summed E-state index contributed by atoms with van der Waals surface area (Å²) in [5, 5.41) is 4.33. The number of fused-ring (bicyclic) bond motifs is 1. The number of anilines is 1. The largest absolute Gasteiger partial charge is 0.376 e. The van der Waals surface area contributed by atoms with Gasteiger partial charge in [0, 0.05) is 19.4 Å². The molecule has 96 valence electrons. The van der Waals surface area contributed by atoms with Crippen LogP contribution in [-0.2, 0) is 4.74 Å². The molecule has 0 amide bonds. The van der Waals surface area contributed by atoms with Gasteiger partial charge in [-0.3, -0.25) is 0 Å². The fourth-order valence-corrected chi connectivity index (χ4v) is 2.33. The van der Waals surface area contributed by atoms with Crippen molar-refractivity contribution in [2.75, 3.05) is 25.2 Å². The molecule has 0 spiro atoms. The van der Waals surface area contributed by atoms with Crippen molar-refractivity contribution in [3.05, 3.63) is 24.2 Å². The third-order valence-corrected chi connectivity index (χ3v) is 3.31. The monoisotopic (exact) mass is 250 g/mol. The summed E-state index contributed by atoms with van der Waals surface area (Å²) in [4.78, 5) is 6.18. The molecular weight excluding hydrogens is 235 g/mol. The van der Waals surface area contributed by atoms with E-state index in [0.29, 0.717) is 6.61 Å². The van der Waals surface area contributed by atoms with Gasteiger partial charge >= 0.3 is 0 Å². The molecular formula is C12H15FN4O. The Morgan fingerprint density at radius 3 is 3.06 bits per heavy atom. The molecule has 2 aromatic rings. The Balaban J connectivity index is 2.02. The smallest absolute Gasteiger partial charge is 0.154 e. The Bertz CT molecular complexity index is 570. The molecule has 2 atom stereocenters. The molecule has 0 radical (unpaired) electrons. The molecule has 0 saturated carbocycles. The second kappa shape index (κ2) is 4.20. The SMILES string of the molecule is Cc1cc2c(N(C)C3COCC3F)nccn2n1. The van der Waals surface area contributed by atoms with Gasteiger partial charge in [-0.1, -0.05) is 0 Å². The number of aromatic nitrogens is 3. The number of rotatable bonds is 2. The van der Waals surface area contributed by atoms with Crippen molar-refractivity contribution in [2.45, 2.75) is 19.1 Å². The standard InChI is InChI=1S/C12H15FN4O/c1-8-5-10-12(14-3-4-17(10)15-8)16(2)11-7-18-6-9(11)13/h3-5,9,11H,6-7H2,1-2H3. The van der Waals surface area contributed by atoms with Crippen LogP contribution in [0.2, 0.25) is 0 Å². The number of hydrogen-bond acceptors (Lipinski definition) is 4. The van der Waals surface area contributed by atoms with Gasteiger partial charge in [-0.15, -0.1) is 0 Å². The molecule has 0 N–H and O–H groups in total. The summed E-state index contributed by atoms with van der Waals surface area (Å²) in [6, 6.07) is 1.67. The van der Waals surface area contributed by atoms with Crippen LogP contribution in [-0.4, -0.2) is 47.1 Å². The van der Waals surface area contributed by atoms with Crippen LogP contribution in [0.1, 0.15) is 5.69 Å². The minimum atomic E-state index is -0.971. The van der Waals surface area contributed by atoms with Crippen molar-refractivity contribution in [1.29, 1.82) is 0 Å². The average molecular weight is 250 g/mol. The average Bonchev–Trinajstić information content (AvgIpc) is 2.92. The number of aryl methyl sites for hydroxylation is 1. The van der Waals surface area contributed by atoms with Gasteiger partial charge in [0.2, 0.25) is 0 Å². The molecule has 5 nitrogen and oxygen atoms in total. The topological polar surface area (TPSA) is 42.7 Å². The molecule has 18 heavy (non-hydrogen) atoms. The molecule has 2 unspecified atom stereocenters.